The van der Waals surface area contributed by atoms with Crippen molar-refractivity contribution in [3.63, 3.8) is 0 Å². The molecular formula is C15H17BrClNOS. The van der Waals surface area contributed by atoms with Crippen LogP contribution in [0.4, 0.5) is 0 Å². The molecular weight excluding hydrogens is 358 g/mol. The maximum Gasteiger partial charge on any atom is 0.119 e. The summed E-state index contributed by atoms with van der Waals surface area (Å²) in [7, 11) is 0. The predicted octanol–water partition coefficient (Wildman–Crippen LogP) is 4.95. The minimum atomic E-state index is 0.652. The van der Waals surface area contributed by atoms with Crippen molar-refractivity contribution in [3.8, 4) is 5.75 Å². The number of hydrogen-bond acceptors (Lipinski definition) is 3. The normalized spacial score (nSPS) is 10.8. The fraction of sp³-hybridized carbons (Fsp3) is 0.333. The largest absolute Gasteiger partial charge is 0.492 e. The van der Waals surface area contributed by atoms with Crippen molar-refractivity contribution in [2.75, 3.05) is 13.2 Å². The van der Waals surface area contributed by atoms with Crippen LogP contribution in [0.15, 0.2) is 28.7 Å². The summed E-state index contributed by atoms with van der Waals surface area (Å²) in [4.78, 5) is 1.24. The first-order valence-corrected chi connectivity index (χ1v) is 8.39. The molecule has 2 aromatic rings. The second kappa shape index (κ2) is 7.46. The molecule has 0 bridgehead atoms. The Morgan fingerprint density at radius 1 is 1.25 bits per heavy atom. The standard InChI is InChI=1S/C15H17BrClNOS/c1-10-7-12(8-11(2)15(10)16)19-6-5-18-9-13-3-4-14(17)20-13/h3-4,7-8,18H,5-6,9H2,1-2H3. The first-order chi connectivity index (χ1) is 9.56. The SMILES string of the molecule is Cc1cc(OCCNCc2ccc(Cl)s2)cc(C)c1Br. The highest BCUT2D eigenvalue weighted by Crippen LogP contribution is 2.26. The number of rotatable bonds is 6. The van der Waals surface area contributed by atoms with Gasteiger partial charge in [-0.15, -0.1) is 11.3 Å². The average molecular weight is 375 g/mol. The Morgan fingerprint density at radius 2 is 1.95 bits per heavy atom. The van der Waals surface area contributed by atoms with E-state index >= 15 is 0 Å². The third-order valence-corrected chi connectivity index (χ3v) is 5.37. The molecule has 108 valence electrons. The highest BCUT2D eigenvalue weighted by Gasteiger charge is 2.03. The predicted molar refractivity (Wildman–Crippen MR) is 90.1 cm³/mol. The maximum absolute atomic E-state index is 5.89. The average Bonchev–Trinajstić information content (AvgIpc) is 2.81. The summed E-state index contributed by atoms with van der Waals surface area (Å²) < 4.78 is 7.74. The molecule has 0 spiro atoms. The Labute approximate surface area is 137 Å². The quantitative estimate of drug-likeness (QED) is 0.722. The van der Waals surface area contributed by atoms with Crippen LogP contribution in [0, 0.1) is 13.8 Å². The van der Waals surface area contributed by atoms with Gasteiger partial charge in [0.2, 0.25) is 0 Å². The van der Waals surface area contributed by atoms with Crippen molar-refractivity contribution in [3.05, 3.63) is 49.1 Å². The zero-order valence-corrected chi connectivity index (χ0v) is 14.7. The fourth-order valence-electron chi connectivity index (χ4n) is 1.89. The molecule has 1 N–H and O–H groups in total. The third-order valence-electron chi connectivity index (χ3n) is 2.89. The molecule has 1 heterocycles. The zero-order chi connectivity index (χ0) is 14.5. The maximum atomic E-state index is 5.89. The molecule has 1 aromatic heterocycles. The topological polar surface area (TPSA) is 21.3 Å². The van der Waals surface area contributed by atoms with Crippen LogP contribution in [0.3, 0.4) is 0 Å². The molecule has 0 aliphatic carbocycles. The van der Waals surface area contributed by atoms with E-state index in [9.17, 15) is 0 Å². The van der Waals surface area contributed by atoms with Crippen LogP contribution in [0.1, 0.15) is 16.0 Å². The van der Waals surface area contributed by atoms with Crippen molar-refractivity contribution in [1.82, 2.24) is 5.32 Å². The summed E-state index contributed by atoms with van der Waals surface area (Å²) in [6.45, 7) is 6.44. The summed E-state index contributed by atoms with van der Waals surface area (Å²) in [6, 6.07) is 8.07. The molecule has 0 aliphatic heterocycles. The van der Waals surface area contributed by atoms with Crippen LogP contribution in [0.25, 0.3) is 0 Å². The lowest BCUT2D eigenvalue weighted by atomic mass is 10.1. The lowest BCUT2D eigenvalue weighted by Crippen LogP contribution is -2.20. The van der Waals surface area contributed by atoms with Crippen molar-refractivity contribution < 1.29 is 4.74 Å². The number of nitrogens with one attached hydrogen (secondary N) is 1. The van der Waals surface area contributed by atoms with E-state index in [1.165, 1.54) is 16.0 Å². The van der Waals surface area contributed by atoms with Gasteiger partial charge in [0.1, 0.15) is 12.4 Å². The lowest BCUT2D eigenvalue weighted by molar-refractivity contribution is 0.313. The van der Waals surface area contributed by atoms with Crippen LogP contribution in [0.5, 0.6) is 5.75 Å². The molecule has 0 saturated heterocycles. The van der Waals surface area contributed by atoms with Gasteiger partial charge >= 0.3 is 0 Å². The van der Waals surface area contributed by atoms with Crippen LogP contribution >= 0.6 is 38.9 Å². The van der Waals surface area contributed by atoms with Crippen LogP contribution < -0.4 is 10.1 Å². The van der Waals surface area contributed by atoms with Gasteiger partial charge in [-0.1, -0.05) is 27.5 Å². The summed E-state index contributed by atoms with van der Waals surface area (Å²) >= 11 is 11.0. The molecule has 0 saturated carbocycles. The van der Waals surface area contributed by atoms with Crippen molar-refractivity contribution >= 4 is 38.9 Å². The number of halogens is 2. The van der Waals surface area contributed by atoms with Crippen LogP contribution in [0.2, 0.25) is 4.34 Å². The van der Waals surface area contributed by atoms with Gasteiger partial charge < -0.3 is 10.1 Å². The molecule has 2 nitrogen and oxygen atoms in total. The molecule has 0 unspecified atom stereocenters. The smallest absolute Gasteiger partial charge is 0.119 e. The first kappa shape index (κ1) is 15.8. The minimum Gasteiger partial charge on any atom is -0.492 e. The highest BCUT2D eigenvalue weighted by atomic mass is 79.9. The summed E-state index contributed by atoms with van der Waals surface area (Å²) in [5.74, 6) is 0.921. The van der Waals surface area contributed by atoms with E-state index in [0.717, 1.165) is 27.6 Å². The highest BCUT2D eigenvalue weighted by molar-refractivity contribution is 9.10. The van der Waals surface area contributed by atoms with E-state index in [1.807, 2.05) is 12.1 Å². The van der Waals surface area contributed by atoms with E-state index in [1.54, 1.807) is 11.3 Å². The van der Waals surface area contributed by atoms with Gasteiger partial charge in [0.25, 0.3) is 0 Å². The minimum absolute atomic E-state index is 0.652. The van der Waals surface area contributed by atoms with Gasteiger partial charge in [0.05, 0.1) is 4.34 Å². The number of ether oxygens (including phenoxy) is 1. The second-order valence-electron chi connectivity index (χ2n) is 4.60. The summed E-state index contributed by atoms with van der Waals surface area (Å²) in [5.41, 5.74) is 2.39. The van der Waals surface area contributed by atoms with E-state index in [-0.39, 0.29) is 0 Å². The van der Waals surface area contributed by atoms with Crippen molar-refractivity contribution in [2.24, 2.45) is 0 Å². The summed E-state index contributed by atoms with van der Waals surface area (Å²) in [6.07, 6.45) is 0. The molecule has 0 aliphatic rings. The molecule has 2 rings (SSSR count). The number of benzene rings is 1. The summed E-state index contributed by atoms with van der Waals surface area (Å²) in [5, 5.41) is 3.34. The lowest BCUT2D eigenvalue weighted by Gasteiger charge is -2.10. The number of aryl methyl sites for hydroxylation is 2. The van der Waals surface area contributed by atoms with Gasteiger partial charge in [0, 0.05) is 22.4 Å². The fourth-order valence-corrected chi connectivity index (χ4v) is 3.17. The molecule has 0 radical (unpaired) electrons. The van der Waals surface area contributed by atoms with Crippen LogP contribution in [-0.4, -0.2) is 13.2 Å². The van der Waals surface area contributed by atoms with Gasteiger partial charge in [-0.05, 0) is 49.2 Å². The van der Waals surface area contributed by atoms with E-state index < -0.39 is 0 Å². The number of hydrogen-bond donors (Lipinski definition) is 1. The molecule has 0 atom stereocenters. The van der Waals surface area contributed by atoms with Crippen molar-refractivity contribution in [1.29, 1.82) is 0 Å². The molecule has 20 heavy (non-hydrogen) atoms. The van der Waals surface area contributed by atoms with Crippen molar-refractivity contribution in [2.45, 2.75) is 20.4 Å². The molecule has 1 aromatic carbocycles. The van der Waals surface area contributed by atoms with E-state index in [0.29, 0.717) is 6.61 Å². The Morgan fingerprint density at radius 3 is 2.55 bits per heavy atom. The van der Waals surface area contributed by atoms with Gasteiger partial charge in [0.15, 0.2) is 0 Å². The Hall–Kier alpha value is -0.550. The number of thiophene rings is 1. The van der Waals surface area contributed by atoms with E-state index in [2.05, 4.69) is 47.2 Å². The van der Waals surface area contributed by atoms with Crippen LogP contribution in [-0.2, 0) is 6.54 Å². The molecule has 0 amide bonds. The second-order valence-corrected chi connectivity index (χ2v) is 7.19. The Bertz CT molecular complexity index is 562. The molecule has 5 heteroatoms. The molecule has 0 fully saturated rings. The Kier molecular flexibility index (Phi) is 5.90. The third kappa shape index (κ3) is 4.48. The first-order valence-electron chi connectivity index (χ1n) is 6.41. The van der Waals surface area contributed by atoms with Gasteiger partial charge in [-0.3, -0.25) is 0 Å². The Balaban J connectivity index is 1.73. The zero-order valence-electron chi connectivity index (χ0n) is 11.5. The monoisotopic (exact) mass is 373 g/mol. The van der Waals surface area contributed by atoms with E-state index in [4.69, 9.17) is 16.3 Å². The van der Waals surface area contributed by atoms with Gasteiger partial charge in [-0.2, -0.15) is 0 Å². The van der Waals surface area contributed by atoms with Gasteiger partial charge in [-0.25, -0.2) is 0 Å².